The lowest BCUT2D eigenvalue weighted by atomic mass is 9.76. The summed E-state index contributed by atoms with van der Waals surface area (Å²) in [6, 6.07) is 4.21. The van der Waals surface area contributed by atoms with Crippen LogP contribution in [0.2, 0.25) is 0 Å². The zero-order chi connectivity index (χ0) is 18.2. The summed E-state index contributed by atoms with van der Waals surface area (Å²) < 4.78 is 5.38. The second-order valence-electron chi connectivity index (χ2n) is 7.78. The van der Waals surface area contributed by atoms with Crippen molar-refractivity contribution in [3.05, 3.63) is 28.8 Å². The van der Waals surface area contributed by atoms with Crippen LogP contribution < -0.4 is 10.2 Å². The molecule has 0 spiro atoms. The van der Waals surface area contributed by atoms with E-state index in [1.54, 1.807) is 4.90 Å². The van der Waals surface area contributed by atoms with Gasteiger partial charge in [-0.2, -0.15) is 0 Å². The lowest BCUT2D eigenvalue weighted by molar-refractivity contribution is -0.119. The van der Waals surface area contributed by atoms with Crippen molar-refractivity contribution >= 4 is 17.7 Å². The second-order valence-corrected chi connectivity index (χ2v) is 7.78. The molecule has 1 unspecified atom stereocenters. The number of benzene rings is 1. The average Bonchev–Trinajstić information content (AvgIpc) is 3.11. The predicted octanol–water partition coefficient (Wildman–Crippen LogP) is 3.60. The Morgan fingerprint density at radius 1 is 1.28 bits per heavy atom. The van der Waals surface area contributed by atoms with Crippen molar-refractivity contribution in [1.82, 2.24) is 5.32 Å². The Morgan fingerprint density at radius 2 is 1.88 bits per heavy atom. The number of rotatable bonds is 4. The summed E-state index contributed by atoms with van der Waals surface area (Å²) in [6.45, 7) is 8.93. The first-order valence-corrected chi connectivity index (χ1v) is 9.14. The van der Waals surface area contributed by atoms with E-state index in [-0.39, 0.29) is 23.5 Å². The maximum atomic E-state index is 12.2. The van der Waals surface area contributed by atoms with E-state index in [2.05, 4.69) is 38.2 Å². The molecule has 3 rings (SSSR count). The highest BCUT2D eigenvalue weighted by molar-refractivity contribution is 5.90. The topological polar surface area (TPSA) is 58.6 Å². The molecule has 1 saturated carbocycles. The van der Waals surface area contributed by atoms with E-state index in [4.69, 9.17) is 4.74 Å². The fourth-order valence-electron chi connectivity index (χ4n) is 4.55. The van der Waals surface area contributed by atoms with Crippen LogP contribution in [0.5, 0.6) is 0 Å². The van der Waals surface area contributed by atoms with Crippen LogP contribution in [0.3, 0.4) is 0 Å². The van der Waals surface area contributed by atoms with Gasteiger partial charge < -0.3 is 10.1 Å². The molecular weight excluding hydrogens is 316 g/mol. The van der Waals surface area contributed by atoms with Crippen molar-refractivity contribution in [2.75, 3.05) is 18.0 Å². The van der Waals surface area contributed by atoms with E-state index in [9.17, 15) is 9.59 Å². The predicted molar refractivity (Wildman–Crippen MR) is 98.0 cm³/mol. The van der Waals surface area contributed by atoms with Gasteiger partial charge in [-0.3, -0.25) is 9.69 Å². The number of aryl methyl sites for hydroxylation is 2. The number of hydrogen-bond acceptors (Lipinski definition) is 3. The third kappa shape index (κ3) is 3.51. The number of cyclic esters (lactones) is 1. The summed E-state index contributed by atoms with van der Waals surface area (Å²) in [5.41, 5.74) is 5.08. The highest BCUT2D eigenvalue weighted by Gasteiger charge is 2.36. The molecule has 0 bridgehead atoms. The highest BCUT2D eigenvalue weighted by Crippen LogP contribution is 2.44. The molecule has 1 saturated heterocycles. The smallest absolute Gasteiger partial charge is 0.414 e. The monoisotopic (exact) mass is 344 g/mol. The van der Waals surface area contributed by atoms with Crippen LogP contribution >= 0.6 is 0 Å². The fourth-order valence-corrected chi connectivity index (χ4v) is 4.55. The molecular formula is C20H28N2O3. The lowest BCUT2D eigenvalue weighted by Crippen LogP contribution is -2.33. The number of anilines is 1. The van der Waals surface area contributed by atoms with Crippen molar-refractivity contribution in [2.24, 2.45) is 0 Å². The first-order chi connectivity index (χ1) is 11.8. The van der Waals surface area contributed by atoms with Crippen LogP contribution in [-0.2, 0) is 14.9 Å². The van der Waals surface area contributed by atoms with Gasteiger partial charge in [0.2, 0.25) is 5.91 Å². The molecule has 25 heavy (non-hydrogen) atoms. The zero-order valence-electron chi connectivity index (χ0n) is 15.6. The van der Waals surface area contributed by atoms with Crippen LogP contribution in [0.15, 0.2) is 12.1 Å². The highest BCUT2D eigenvalue weighted by atomic mass is 16.6. The molecule has 0 radical (unpaired) electrons. The van der Waals surface area contributed by atoms with Gasteiger partial charge in [0.05, 0.1) is 13.1 Å². The van der Waals surface area contributed by atoms with Crippen molar-refractivity contribution in [2.45, 2.75) is 64.9 Å². The summed E-state index contributed by atoms with van der Waals surface area (Å²) in [4.78, 5) is 25.0. The minimum absolute atomic E-state index is 0.115. The molecule has 1 heterocycles. The first kappa shape index (κ1) is 17.8. The number of ether oxygens (including phenoxy) is 1. The third-order valence-corrected chi connectivity index (χ3v) is 5.59. The average molecular weight is 344 g/mol. The van der Waals surface area contributed by atoms with E-state index in [0.29, 0.717) is 13.1 Å². The molecule has 136 valence electrons. The molecule has 2 amide bonds. The van der Waals surface area contributed by atoms with Gasteiger partial charge in [-0.25, -0.2) is 4.79 Å². The van der Waals surface area contributed by atoms with E-state index in [0.717, 1.165) is 5.69 Å². The molecule has 1 N–H and O–H groups in total. The standard InChI is InChI=1S/C20H28N2O3/c1-13-9-16(10-14(2)18(13)20(4)7-5-6-8-20)22-12-17(25-19(22)24)11-21-15(3)23/h9-10,17H,5-8,11-12H2,1-4H3,(H,21,23). The maximum absolute atomic E-state index is 12.2. The Balaban J connectivity index is 1.82. The summed E-state index contributed by atoms with van der Waals surface area (Å²) in [5, 5.41) is 2.71. The quantitative estimate of drug-likeness (QED) is 0.908. The molecule has 1 aliphatic carbocycles. The first-order valence-electron chi connectivity index (χ1n) is 9.14. The maximum Gasteiger partial charge on any atom is 0.414 e. The number of amides is 2. The molecule has 5 nitrogen and oxygen atoms in total. The number of nitrogens with one attached hydrogen (secondary N) is 1. The number of carbonyl (C=O) groups is 2. The molecule has 2 fully saturated rings. The minimum atomic E-state index is -0.339. The number of hydrogen-bond donors (Lipinski definition) is 1. The number of nitrogens with zero attached hydrogens (tertiary/aromatic N) is 1. The van der Waals surface area contributed by atoms with E-state index in [1.807, 2.05) is 0 Å². The van der Waals surface area contributed by atoms with Crippen molar-refractivity contribution in [3.8, 4) is 0 Å². The van der Waals surface area contributed by atoms with Crippen LogP contribution in [0.4, 0.5) is 10.5 Å². The van der Waals surface area contributed by atoms with E-state index in [1.165, 1.54) is 49.3 Å². The van der Waals surface area contributed by atoms with Crippen molar-refractivity contribution in [3.63, 3.8) is 0 Å². The fraction of sp³-hybridized carbons (Fsp3) is 0.600. The van der Waals surface area contributed by atoms with E-state index >= 15 is 0 Å². The normalized spacial score (nSPS) is 22.2. The SMILES string of the molecule is CC(=O)NCC1CN(c2cc(C)c(C3(C)CCCC3)c(C)c2)C(=O)O1. The van der Waals surface area contributed by atoms with Crippen LogP contribution in [0.1, 0.15) is 56.2 Å². The minimum Gasteiger partial charge on any atom is -0.442 e. The van der Waals surface area contributed by atoms with Gasteiger partial charge in [-0.05, 0) is 60.9 Å². The summed E-state index contributed by atoms with van der Waals surface area (Å²) in [7, 11) is 0. The van der Waals surface area contributed by atoms with Gasteiger partial charge >= 0.3 is 6.09 Å². The Labute approximate surface area is 149 Å². The second kappa shape index (κ2) is 6.70. The van der Waals surface area contributed by atoms with Crippen molar-refractivity contribution < 1.29 is 14.3 Å². The Kier molecular flexibility index (Phi) is 4.76. The molecule has 5 heteroatoms. The summed E-state index contributed by atoms with van der Waals surface area (Å²) >= 11 is 0. The van der Waals surface area contributed by atoms with E-state index < -0.39 is 0 Å². The third-order valence-electron chi connectivity index (χ3n) is 5.59. The van der Waals surface area contributed by atoms with Crippen molar-refractivity contribution in [1.29, 1.82) is 0 Å². The molecule has 1 aliphatic heterocycles. The largest absolute Gasteiger partial charge is 0.442 e. The molecule has 1 aromatic carbocycles. The van der Waals surface area contributed by atoms with Gasteiger partial charge in [0.1, 0.15) is 6.10 Å². The van der Waals surface area contributed by atoms with Crippen LogP contribution in [-0.4, -0.2) is 31.2 Å². The zero-order valence-corrected chi connectivity index (χ0v) is 15.6. The molecule has 0 aromatic heterocycles. The van der Waals surface area contributed by atoms with Gasteiger partial charge in [-0.15, -0.1) is 0 Å². The molecule has 1 atom stereocenters. The van der Waals surface area contributed by atoms with Crippen LogP contribution in [0.25, 0.3) is 0 Å². The Morgan fingerprint density at radius 3 is 2.44 bits per heavy atom. The van der Waals surface area contributed by atoms with Crippen LogP contribution in [0, 0.1) is 13.8 Å². The van der Waals surface area contributed by atoms with Gasteiger partial charge in [-0.1, -0.05) is 19.8 Å². The summed E-state index contributed by atoms with van der Waals surface area (Å²) in [6.07, 6.45) is 4.41. The Bertz CT molecular complexity index is 669. The Hall–Kier alpha value is -2.04. The summed E-state index contributed by atoms with van der Waals surface area (Å²) in [5.74, 6) is -0.115. The lowest BCUT2D eigenvalue weighted by Gasteiger charge is -2.29. The molecule has 2 aliphatic rings. The van der Waals surface area contributed by atoms with Gasteiger partial charge in [0.15, 0.2) is 0 Å². The number of carbonyl (C=O) groups excluding carboxylic acids is 2. The van der Waals surface area contributed by atoms with Gasteiger partial charge in [0.25, 0.3) is 0 Å². The molecule has 1 aromatic rings. The van der Waals surface area contributed by atoms with Gasteiger partial charge in [0, 0.05) is 12.6 Å².